The number of hydrogen-bond donors (Lipinski definition) is 0. The molecule has 2 aromatic rings. The van der Waals surface area contributed by atoms with Crippen LogP contribution in [0.5, 0.6) is 0 Å². The molecule has 1 atom stereocenters. The smallest absolute Gasteiger partial charge is 0.0379 e. The van der Waals surface area contributed by atoms with Crippen LogP contribution in [0, 0.1) is 0 Å². The summed E-state index contributed by atoms with van der Waals surface area (Å²) >= 11 is 9.83. The summed E-state index contributed by atoms with van der Waals surface area (Å²) < 4.78 is 1.11. The van der Waals surface area contributed by atoms with Crippen LogP contribution < -0.4 is 0 Å². The maximum Gasteiger partial charge on any atom is 0.0379 e. The highest BCUT2D eigenvalue weighted by atomic mass is 79.9. The van der Waals surface area contributed by atoms with Crippen LogP contribution in [0.2, 0.25) is 0 Å². The minimum atomic E-state index is 0.200. The highest BCUT2D eigenvalue weighted by molar-refractivity contribution is 9.10. The fourth-order valence-corrected chi connectivity index (χ4v) is 2.50. The van der Waals surface area contributed by atoms with Crippen LogP contribution in [0.15, 0.2) is 59.1 Å². The Labute approximate surface area is 122 Å². The van der Waals surface area contributed by atoms with Gasteiger partial charge in [0.2, 0.25) is 0 Å². The summed E-state index contributed by atoms with van der Waals surface area (Å²) in [6, 6.07) is 18.9. The Kier molecular flexibility index (Phi) is 5.27. The molecule has 2 heteroatoms. The van der Waals surface area contributed by atoms with Crippen LogP contribution in [-0.2, 0) is 12.8 Å². The maximum absolute atomic E-state index is 6.39. The first-order valence-corrected chi connectivity index (χ1v) is 7.39. The molecule has 0 saturated carbocycles. The molecular formula is C16H16BrCl. The number of rotatable bonds is 5. The number of hydrogen-bond acceptors (Lipinski definition) is 0. The lowest BCUT2D eigenvalue weighted by atomic mass is 10.0. The third-order valence-corrected chi connectivity index (χ3v) is 3.86. The van der Waals surface area contributed by atoms with E-state index in [0.717, 1.165) is 23.7 Å². The Bertz CT molecular complexity index is 464. The van der Waals surface area contributed by atoms with Gasteiger partial charge in [-0.05, 0) is 42.5 Å². The number of benzene rings is 2. The van der Waals surface area contributed by atoms with Crippen LogP contribution in [0.25, 0.3) is 0 Å². The first-order valence-electron chi connectivity index (χ1n) is 6.16. The zero-order valence-corrected chi connectivity index (χ0v) is 12.5. The van der Waals surface area contributed by atoms with Crippen molar-refractivity contribution in [2.24, 2.45) is 0 Å². The van der Waals surface area contributed by atoms with E-state index in [0.29, 0.717) is 0 Å². The van der Waals surface area contributed by atoms with Gasteiger partial charge >= 0.3 is 0 Å². The molecule has 0 radical (unpaired) electrons. The molecule has 0 bridgehead atoms. The summed E-state index contributed by atoms with van der Waals surface area (Å²) in [5.41, 5.74) is 2.66. The van der Waals surface area contributed by atoms with Crippen LogP contribution in [0.1, 0.15) is 17.5 Å². The molecule has 0 fully saturated rings. The maximum atomic E-state index is 6.39. The van der Waals surface area contributed by atoms with Crippen LogP contribution in [0.4, 0.5) is 0 Å². The van der Waals surface area contributed by atoms with Crippen molar-refractivity contribution in [3.05, 3.63) is 70.2 Å². The zero-order valence-electron chi connectivity index (χ0n) is 10.2. The third kappa shape index (κ3) is 4.47. The van der Waals surface area contributed by atoms with E-state index < -0.39 is 0 Å². The van der Waals surface area contributed by atoms with Crippen molar-refractivity contribution in [1.82, 2.24) is 0 Å². The second-order valence-corrected chi connectivity index (χ2v) is 5.99. The van der Waals surface area contributed by atoms with E-state index in [2.05, 4.69) is 64.5 Å². The monoisotopic (exact) mass is 322 g/mol. The van der Waals surface area contributed by atoms with E-state index in [1.807, 2.05) is 6.07 Å². The largest absolute Gasteiger partial charge is 0.123 e. The summed E-state index contributed by atoms with van der Waals surface area (Å²) in [5.74, 6) is 0. The molecule has 2 aromatic carbocycles. The molecule has 0 heterocycles. The van der Waals surface area contributed by atoms with Crippen LogP contribution in [0.3, 0.4) is 0 Å². The number of alkyl halides is 1. The second kappa shape index (κ2) is 6.96. The Hall–Kier alpha value is -0.790. The Morgan fingerprint density at radius 1 is 0.889 bits per heavy atom. The molecule has 0 aromatic heterocycles. The van der Waals surface area contributed by atoms with Gasteiger partial charge in [-0.25, -0.2) is 0 Å². The molecule has 0 nitrogen and oxygen atoms in total. The molecule has 2 rings (SSSR count). The third-order valence-electron chi connectivity index (χ3n) is 2.96. The SMILES string of the molecule is ClC(CCc1ccccc1)Cc1ccc(Br)cc1. The highest BCUT2D eigenvalue weighted by Crippen LogP contribution is 2.17. The van der Waals surface area contributed by atoms with Gasteiger partial charge in [0.1, 0.15) is 0 Å². The lowest BCUT2D eigenvalue weighted by Crippen LogP contribution is -2.05. The highest BCUT2D eigenvalue weighted by Gasteiger charge is 2.06. The Morgan fingerprint density at radius 2 is 1.56 bits per heavy atom. The first kappa shape index (κ1) is 13.6. The standard InChI is InChI=1S/C16H16BrCl/c17-15-9-6-14(7-10-15)12-16(18)11-8-13-4-2-1-3-5-13/h1-7,9-10,16H,8,11-12H2. The van der Waals surface area contributed by atoms with Gasteiger partial charge in [0.25, 0.3) is 0 Å². The lowest BCUT2D eigenvalue weighted by Gasteiger charge is -2.09. The van der Waals surface area contributed by atoms with Crippen molar-refractivity contribution < 1.29 is 0 Å². The van der Waals surface area contributed by atoms with Crippen molar-refractivity contribution in [3.63, 3.8) is 0 Å². The van der Waals surface area contributed by atoms with E-state index in [1.54, 1.807) is 0 Å². The molecule has 18 heavy (non-hydrogen) atoms. The predicted octanol–water partition coefficient (Wildman–Crippen LogP) is 5.23. The average molecular weight is 324 g/mol. The van der Waals surface area contributed by atoms with Gasteiger partial charge in [-0.1, -0.05) is 58.4 Å². The van der Waals surface area contributed by atoms with E-state index in [9.17, 15) is 0 Å². The summed E-state index contributed by atoms with van der Waals surface area (Å²) in [4.78, 5) is 0. The topological polar surface area (TPSA) is 0 Å². The molecule has 0 saturated heterocycles. The molecule has 0 amide bonds. The summed E-state index contributed by atoms with van der Waals surface area (Å²) in [6.45, 7) is 0. The molecule has 0 spiro atoms. The Balaban J connectivity index is 1.82. The normalized spacial score (nSPS) is 12.3. The zero-order chi connectivity index (χ0) is 12.8. The van der Waals surface area contributed by atoms with Crippen molar-refractivity contribution in [3.8, 4) is 0 Å². The van der Waals surface area contributed by atoms with Gasteiger partial charge in [-0.2, -0.15) is 0 Å². The van der Waals surface area contributed by atoms with Crippen molar-refractivity contribution in [1.29, 1.82) is 0 Å². The van der Waals surface area contributed by atoms with E-state index in [1.165, 1.54) is 11.1 Å². The van der Waals surface area contributed by atoms with Gasteiger partial charge in [-0.15, -0.1) is 11.6 Å². The van der Waals surface area contributed by atoms with Crippen molar-refractivity contribution >= 4 is 27.5 Å². The van der Waals surface area contributed by atoms with E-state index in [4.69, 9.17) is 11.6 Å². The van der Waals surface area contributed by atoms with Crippen molar-refractivity contribution in [2.45, 2.75) is 24.6 Å². The van der Waals surface area contributed by atoms with Gasteiger partial charge in [0.15, 0.2) is 0 Å². The predicted molar refractivity (Wildman–Crippen MR) is 82.3 cm³/mol. The van der Waals surface area contributed by atoms with Crippen LogP contribution in [-0.4, -0.2) is 5.38 Å². The minimum absolute atomic E-state index is 0.200. The van der Waals surface area contributed by atoms with Gasteiger partial charge in [0, 0.05) is 9.85 Å². The summed E-state index contributed by atoms with van der Waals surface area (Å²) in [7, 11) is 0. The molecule has 0 N–H and O–H groups in total. The molecule has 0 aliphatic carbocycles. The second-order valence-electron chi connectivity index (χ2n) is 4.45. The van der Waals surface area contributed by atoms with Gasteiger partial charge < -0.3 is 0 Å². The fraction of sp³-hybridized carbons (Fsp3) is 0.250. The Morgan fingerprint density at radius 3 is 2.22 bits per heavy atom. The van der Waals surface area contributed by atoms with E-state index in [-0.39, 0.29) is 5.38 Å². The van der Waals surface area contributed by atoms with E-state index >= 15 is 0 Å². The molecule has 94 valence electrons. The minimum Gasteiger partial charge on any atom is -0.123 e. The molecule has 0 aliphatic heterocycles. The quantitative estimate of drug-likeness (QED) is 0.661. The van der Waals surface area contributed by atoms with Crippen LogP contribution >= 0.6 is 27.5 Å². The summed E-state index contributed by atoms with van der Waals surface area (Å²) in [6.07, 6.45) is 2.99. The average Bonchev–Trinajstić information content (AvgIpc) is 2.40. The lowest BCUT2D eigenvalue weighted by molar-refractivity contribution is 0.743. The molecule has 1 unspecified atom stereocenters. The number of halogens is 2. The summed E-state index contributed by atoms with van der Waals surface area (Å²) in [5, 5.41) is 0.200. The number of aryl methyl sites for hydroxylation is 1. The van der Waals surface area contributed by atoms with Gasteiger partial charge in [-0.3, -0.25) is 0 Å². The van der Waals surface area contributed by atoms with Crippen molar-refractivity contribution in [2.75, 3.05) is 0 Å². The fourth-order valence-electron chi connectivity index (χ4n) is 1.95. The van der Waals surface area contributed by atoms with Gasteiger partial charge in [0.05, 0.1) is 0 Å². The molecule has 0 aliphatic rings. The molecular weight excluding hydrogens is 308 g/mol. The first-order chi connectivity index (χ1) is 8.74.